The largest absolute Gasteiger partial charge is 0.497 e. The fourth-order valence-electron chi connectivity index (χ4n) is 3.39. The summed E-state index contributed by atoms with van der Waals surface area (Å²) in [4.78, 5) is 15.0. The minimum absolute atomic E-state index is 0.00736. The molecule has 1 saturated heterocycles. The number of ether oxygens (including phenoxy) is 2. The summed E-state index contributed by atoms with van der Waals surface area (Å²) in [7, 11) is 3.67. The van der Waals surface area contributed by atoms with Gasteiger partial charge in [-0.05, 0) is 12.1 Å². The molecule has 0 radical (unpaired) electrons. The van der Waals surface area contributed by atoms with E-state index < -0.39 is 0 Å². The van der Waals surface area contributed by atoms with Crippen molar-refractivity contribution in [2.45, 2.75) is 20.0 Å². The van der Waals surface area contributed by atoms with E-state index in [1.54, 1.807) is 12.0 Å². The molecule has 1 aliphatic heterocycles. The second kappa shape index (κ2) is 9.75. The number of methoxy groups -OCH3 is 1. The molecule has 1 aromatic rings. The third kappa shape index (κ3) is 7.02. The number of nitrogens with one attached hydrogen (secondary N) is 3. The van der Waals surface area contributed by atoms with Crippen LogP contribution in [0.1, 0.15) is 13.8 Å². The van der Waals surface area contributed by atoms with Crippen molar-refractivity contribution in [1.82, 2.24) is 0 Å². The Kier molecular flexibility index (Phi) is 7.68. The highest BCUT2D eigenvalue weighted by molar-refractivity contribution is 5.91. The molecular formula is C19H33N3O3+2. The van der Waals surface area contributed by atoms with E-state index in [2.05, 4.69) is 19.2 Å². The van der Waals surface area contributed by atoms with Crippen LogP contribution < -0.4 is 19.9 Å². The number of benzene rings is 1. The minimum Gasteiger partial charge on any atom is -0.497 e. The van der Waals surface area contributed by atoms with Gasteiger partial charge in [0.25, 0.3) is 5.91 Å². The third-order valence-electron chi connectivity index (χ3n) is 4.41. The highest BCUT2D eigenvalue weighted by Gasteiger charge is 2.27. The van der Waals surface area contributed by atoms with Crippen LogP contribution in [0, 0.1) is 5.92 Å². The molecule has 1 amide bonds. The number of amides is 1. The van der Waals surface area contributed by atoms with Crippen LogP contribution in [-0.2, 0) is 9.53 Å². The summed E-state index contributed by atoms with van der Waals surface area (Å²) >= 11 is 0. The van der Waals surface area contributed by atoms with Crippen molar-refractivity contribution >= 4 is 11.6 Å². The molecule has 25 heavy (non-hydrogen) atoms. The van der Waals surface area contributed by atoms with Crippen molar-refractivity contribution in [3.63, 3.8) is 0 Å². The number of carbonyl (C=O) groups excluding carboxylic acids is 1. The van der Waals surface area contributed by atoms with E-state index in [0.717, 1.165) is 42.6 Å². The van der Waals surface area contributed by atoms with Crippen molar-refractivity contribution in [2.75, 3.05) is 58.8 Å². The van der Waals surface area contributed by atoms with Gasteiger partial charge in [0.1, 0.15) is 25.4 Å². The molecule has 2 unspecified atom stereocenters. The van der Waals surface area contributed by atoms with Crippen molar-refractivity contribution in [1.29, 1.82) is 0 Å². The predicted octanol–water partition coefficient (Wildman–Crippen LogP) is -0.912. The van der Waals surface area contributed by atoms with E-state index in [1.807, 2.05) is 31.3 Å². The number of morpholine rings is 1. The molecule has 0 aliphatic carbocycles. The maximum Gasteiger partial charge on any atom is 0.279 e. The Balaban J connectivity index is 1.76. The highest BCUT2D eigenvalue weighted by atomic mass is 16.5. The molecule has 6 nitrogen and oxygen atoms in total. The summed E-state index contributed by atoms with van der Waals surface area (Å²) in [6, 6.07) is 7.42. The van der Waals surface area contributed by atoms with Crippen LogP contribution in [0.3, 0.4) is 0 Å². The van der Waals surface area contributed by atoms with Crippen molar-refractivity contribution in [3.05, 3.63) is 24.3 Å². The molecule has 0 bridgehead atoms. The van der Waals surface area contributed by atoms with Gasteiger partial charge in [-0.3, -0.25) is 4.79 Å². The fourth-order valence-corrected chi connectivity index (χ4v) is 3.39. The van der Waals surface area contributed by atoms with E-state index in [1.165, 1.54) is 6.54 Å². The molecule has 1 fully saturated rings. The van der Waals surface area contributed by atoms with Crippen LogP contribution in [-0.4, -0.2) is 65.5 Å². The summed E-state index contributed by atoms with van der Waals surface area (Å²) < 4.78 is 11.1. The number of likely N-dealkylation sites (N-methyl/N-ethyl adjacent to an activating group) is 1. The fraction of sp³-hybridized carbons (Fsp3) is 0.632. The molecular weight excluding hydrogens is 318 g/mol. The second-order valence-electron chi connectivity index (χ2n) is 7.41. The Morgan fingerprint density at radius 3 is 3.00 bits per heavy atom. The van der Waals surface area contributed by atoms with Crippen LogP contribution in [0.15, 0.2) is 24.3 Å². The predicted molar refractivity (Wildman–Crippen MR) is 98.4 cm³/mol. The first-order valence-electron chi connectivity index (χ1n) is 9.16. The van der Waals surface area contributed by atoms with Crippen molar-refractivity contribution < 1.29 is 24.1 Å². The molecule has 0 spiro atoms. The van der Waals surface area contributed by atoms with Gasteiger partial charge in [-0.15, -0.1) is 0 Å². The van der Waals surface area contributed by atoms with E-state index in [0.29, 0.717) is 12.5 Å². The number of anilines is 1. The second-order valence-corrected chi connectivity index (χ2v) is 7.41. The average molecular weight is 351 g/mol. The first-order valence-corrected chi connectivity index (χ1v) is 9.16. The number of hydrogen-bond donors (Lipinski definition) is 3. The zero-order chi connectivity index (χ0) is 18.2. The van der Waals surface area contributed by atoms with Gasteiger partial charge in [0, 0.05) is 17.7 Å². The van der Waals surface area contributed by atoms with Gasteiger partial charge >= 0.3 is 0 Å². The number of carbonyl (C=O) groups is 1. The van der Waals surface area contributed by atoms with Crippen LogP contribution >= 0.6 is 0 Å². The number of quaternary nitrogens is 2. The summed E-state index contributed by atoms with van der Waals surface area (Å²) in [5.74, 6) is 1.45. The number of hydrogen-bond acceptors (Lipinski definition) is 3. The molecule has 1 aliphatic rings. The van der Waals surface area contributed by atoms with Gasteiger partial charge in [-0.1, -0.05) is 19.9 Å². The van der Waals surface area contributed by atoms with Gasteiger partial charge in [0.05, 0.1) is 27.3 Å². The Morgan fingerprint density at radius 1 is 1.48 bits per heavy atom. The van der Waals surface area contributed by atoms with Gasteiger partial charge in [0.15, 0.2) is 12.6 Å². The van der Waals surface area contributed by atoms with Gasteiger partial charge in [0.2, 0.25) is 0 Å². The maximum atomic E-state index is 12.3. The minimum atomic E-state index is 0.00736. The smallest absolute Gasteiger partial charge is 0.279 e. The third-order valence-corrected chi connectivity index (χ3v) is 4.41. The lowest BCUT2D eigenvalue weighted by molar-refractivity contribution is -0.926. The molecule has 1 aromatic carbocycles. The topological polar surface area (TPSA) is 56.4 Å². The van der Waals surface area contributed by atoms with Crippen LogP contribution in [0.4, 0.5) is 5.69 Å². The van der Waals surface area contributed by atoms with Crippen molar-refractivity contribution in [3.8, 4) is 5.75 Å². The standard InChI is InChI=1S/C19H31N3O3/c1-15(2)11-22-8-9-25-18(13-22)12-21(3)14-19(23)20-16-6-5-7-17(10-16)24-4/h5-7,10,15,18H,8-9,11-14H2,1-4H3,(H,20,23)/p+2/t18-/m1/s1. The number of rotatable bonds is 8. The Bertz CT molecular complexity index is 550. The normalized spacial score (nSPS) is 21.8. The molecule has 0 aromatic heterocycles. The van der Waals surface area contributed by atoms with Gasteiger partial charge < -0.3 is 24.6 Å². The highest BCUT2D eigenvalue weighted by Crippen LogP contribution is 2.16. The monoisotopic (exact) mass is 351 g/mol. The summed E-state index contributed by atoms with van der Waals surface area (Å²) in [5.41, 5.74) is 0.763. The van der Waals surface area contributed by atoms with E-state index in [9.17, 15) is 4.79 Å². The quantitative estimate of drug-likeness (QED) is 0.568. The van der Waals surface area contributed by atoms with E-state index in [4.69, 9.17) is 9.47 Å². The van der Waals surface area contributed by atoms with Gasteiger partial charge in [-0.25, -0.2) is 0 Å². The van der Waals surface area contributed by atoms with Crippen LogP contribution in [0.5, 0.6) is 5.75 Å². The molecule has 6 heteroatoms. The summed E-state index contributed by atoms with van der Waals surface area (Å²) in [6.45, 7) is 9.93. The van der Waals surface area contributed by atoms with Crippen LogP contribution in [0.2, 0.25) is 0 Å². The lowest BCUT2D eigenvalue weighted by Gasteiger charge is -2.31. The Hall–Kier alpha value is -1.63. The molecule has 2 rings (SSSR count). The molecule has 3 N–H and O–H groups in total. The first-order chi connectivity index (χ1) is 12.0. The average Bonchev–Trinajstić information content (AvgIpc) is 2.54. The zero-order valence-electron chi connectivity index (χ0n) is 15.9. The lowest BCUT2D eigenvalue weighted by Crippen LogP contribution is -3.18. The van der Waals surface area contributed by atoms with Crippen molar-refractivity contribution in [2.24, 2.45) is 5.92 Å². The molecule has 3 atom stereocenters. The Labute approximate surface area is 151 Å². The van der Waals surface area contributed by atoms with E-state index >= 15 is 0 Å². The van der Waals surface area contributed by atoms with Crippen LogP contribution in [0.25, 0.3) is 0 Å². The maximum absolute atomic E-state index is 12.3. The summed E-state index contributed by atoms with van der Waals surface area (Å²) in [6.07, 6.45) is 0.229. The lowest BCUT2D eigenvalue weighted by atomic mass is 10.1. The van der Waals surface area contributed by atoms with Gasteiger partial charge in [-0.2, -0.15) is 0 Å². The Morgan fingerprint density at radius 2 is 2.28 bits per heavy atom. The SMILES string of the molecule is COc1cccc(NC(=O)C[NH+](C)C[C@@H]2C[NH+](CC(C)C)CCO2)c1. The first kappa shape index (κ1) is 19.7. The molecule has 1 heterocycles. The molecule has 140 valence electrons. The zero-order valence-corrected chi connectivity index (χ0v) is 15.9. The molecule has 0 saturated carbocycles. The summed E-state index contributed by atoms with van der Waals surface area (Å²) in [5, 5.41) is 2.93. The van der Waals surface area contributed by atoms with E-state index in [-0.39, 0.29) is 12.0 Å².